The fourth-order valence-electron chi connectivity index (χ4n) is 1.61. The Morgan fingerprint density at radius 1 is 0.786 bits per heavy atom. The third-order valence-electron chi connectivity index (χ3n) is 2.87. The first-order chi connectivity index (χ1) is 6.44. The Morgan fingerprint density at radius 3 is 1.14 bits per heavy atom. The third kappa shape index (κ3) is 2.08. The van der Waals surface area contributed by atoms with Crippen LogP contribution in [0.25, 0.3) is 0 Å². The van der Waals surface area contributed by atoms with Gasteiger partial charge in [0.2, 0.25) is 0 Å². The lowest BCUT2D eigenvalue weighted by atomic mass is 9.73. The standard InChI is InChI=1S/C11H21N3/c1-5-8(12)11(4,9(13)6-2)10(14)7-3/h12-14H,5-7H2,1-4H3. The molecule has 0 bridgehead atoms. The first-order valence-corrected chi connectivity index (χ1v) is 5.18. The summed E-state index contributed by atoms with van der Waals surface area (Å²) in [5.41, 5.74) is 0.724. The van der Waals surface area contributed by atoms with E-state index in [0.717, 1.165) is 0 Å². The van der Waals surface area contributed by atoms with Crippen LogP contribution in [0.3, 0.4) is 0 Å². The summed E-state index contributed by atoms with van der Waals surface area (Å²) in [6.07, 6.45) is 1.84. The van der Waals surface area contributed by atoms with E-state index in [1.165, 1.54) is 0 Å². The molecule has 0 aliphatic carbocycles. The first kappa shape index (κ1) is 13.0. The van der Waals surface area contributed by atoms with Crippen molar-refractivity contribution < 1.29 is 0 Å². The Hall–Kier alpha value is -0.990. The monoisotopic (exact) mass is 195 g/mol. The molecule has 3 N–H and O–H groups in total. The second kappa shape index (κ2) is 5.03. The van der Waals surface area contributed by atoms with Crippen LogP contribution >= 0.6 is 0 Å². The Kier molecular flexibility index (Phi) is 4.68. The molecule has 14 heavy (non-hydrogen) atoms. The zero-order chi connectivity index (χ0) is 11.4. The van der Waals surface area contributed by atoms with E-state index in [4.69, 9.17) is 16.2 Å². The lowest BCUT2D eigenvalue weighted by molar-refractivity contribution is 0.788. The molecule has 0 aliphatic rings. The van der Waals surface area contributed by atoms with E-state index in [1.807, 2.05) is 27.7 Å². The summed E-state index contributed by atoms with van der Waals surface area (Å²) in [5, 5.41) is 23.6. The molecule has 0 saturated carbocycles. The fourth-order valence-corrected chi connectivity index (χ4v) is 1.61. The predicted molar refractivity (Wildman–Crippen MR) is 62.2 cm³/mol. The van der Waals surface area contributed by atoms with Gasteiger partial charge in [0.1, 0.15) is 0 Å². The summed E-state index contributed by atoms with van der Waals surface area (Å²) in [6.45, 7) is 7.56. The average molecular weight is 195 g/mol. The largest absolute Gasteiger partial charge is 0.308 e. The van der Waals surface area contributed by atoms with Gasteiger partial charge < -0.3 is 16.2 Å². The van der Waals surface area contributed by atoms with E-state index in [0.29, 0.717) is 36.4 Å². The maximum atomic E-state index is 7.88. The van der Waals surface area contributed by atoms with Crippen molar-refractivity contribution in [3.8, 4) is 0 Å². The van der Waals surface area contributed by atoms with Gasteiger partial charge in [0.25, 0.3) is 0 Å². The molecular formula is C11H21N3. The first-order valence-electron chi connectivity index (χ1n) is 5.18. The van der Waals surface area contributed by atoms with Crippen molar-refractivity contribution in [2.75, 3.05) is 0 Å². The average Bonchev–Trinajstić information content (AvgIpc) is 2.24. The van der Waals surface area contributed by atoms with Crippen molar-refractivity contribution in [3.63, 3.8) is 0 Å². The summed E-state index contributed by atoms with van der Waals surface area (Å²) in [7, 11) is 0. The smallest absolute Gasteiger partial charge is 0.0800 e. The van der Waals surface area contributed by atoms with Crippen molar-refractivity contribution in [3.05, 3.63) is 0 Å². The van der Waals surface area contributed by atoms with Crippen molar-refractivity contribution in [2.45, 2.75) is 47.0 Å². The zero-order valence-corrected chi connectivity index (χ0v) is 9.62. The number of hydrogen-bond acceptors (Lipinski definition) is 3. The van der Waals surface area contributed by atoms with E-state index in [2.05, 4.69) is 0 Å². The molecule has 0 aromatic heterocycles. The van der Waals surface area contributed by atoms with Gasteiger partial charge in [0.15, 0.2) is 0 Å². The van der Waals surface area contributed by atoms with Crippen molar-refractivity contribution in [1.82, 2.24) is 0 Å². The second-order valence-electron chi connectivity index (χ2n) is 3.62. The highest BCUT2D eigenvalue weighted by molar-refractivity contribution is 6.26. The lowest BCUT2D eigenvalue weighted by Gasteiger charge is -2.31. The molecule has 0 fully saturated rings. The van der Waals surface area contributed by atoms with Crippen LogP contribution in [0.5, 0.6) is 0 Å². The van der Waals surface area contributed by atoms with Crippen LogP contribution in [0.4, 0.5) is 0 Å². The van der Waals surface area contributed by atoms with Crippen LogP contribution in [-0.4, -0.2) is 17.1 Å². The van der Waals surface area contributed by atoms with E-state index < -0.39 is 5.41 Å². The molecule has 0 aromatic rings. The van der Waals surface area contributed by atoms with Gasteiger partial charge in [0, 0.05) is 17.1 Å². The third-order valence-corrected chi connectivity index (χ3v) is 2.87. The zero-order valence-electron chi connectivity index (χ0n) is 9.62. The summed E-state index contributed by atoms with van der Waals surface area (Å²) in [4.78, 5) is 0. The Bertz CT molecular complexity index is 212. The Balaban J connectivity index is 5.14. The molecule has 0 amide bonds. The molecule has 0 spiro atoms. The summed E-state index contributed by atoms with van der Waals surface area (Å²) in [5.74, 6) is 0. The van der Waals surface area contributed by atoms with E-state index in [1.54, 1.807) is 0 Å². The molecule has 0 radical (unpaired) electrons. The van der Waals surface area contributed by atoms with Gasteiger partial charge in [0.05, 0.1) is 5.41 Å². The molecule has 0 atom stereocenters. The van der Waals surface area contributed by atoms with Crippen LogP contribution in [0.2, 0.25) is 0 Å². The predicted octanol–water partition coefficient (Wildman–Crippen LogP) is 3.28. The van der Waals surface area contributed by atoms with Gasteiger partial charge in [-0.25, -0.2) is 0 Å². The van der Waals surface area contributed by atoms with Crippen LogP contribution in [0.15, 0.2) is 0 Å². The van der Waals surface area contributed by atoms with Gasteiger partial charge in [-0.15, -0.1) is 0 Å². The van der Waals surface area contributed by atoms with Crippen molar-refractivity contribution in [2.24, 2.45) is 5.41 Å². The highest BCUT2D eigenvalue weighted by Gasteiger charge is 2.35. The summed E-state index contributed by atoms with van der Waals surface area (Å²) < 4.78 is 0. The molecule has 0 heterocycles. The van der Waals surface area contributed by atoms with Crippen LogP contribution < -0.4 is 0 Å². The topological polar surface area (TPSA) is 71.6 Å². The maximum absolute atomic E-state index is 7.88. The minimum absolute atomic E-state index is 0.483. The summed E-state index contributed by atoms with van der Waals surface area (Å²) >= 11 is 0. The van der Waals surface area contributed by atoms with Gasteiger partial charge in [-0.3, -0.25) is 0 Å². The molecule has 3 nitrogen and oxygen atoms in total. The molecule has 80 valence electrons. The molecule has 3 heteroatoms. The summed E-state index contributed by atoms with van der Waals surface area (Å²) in [6, 6.07) is 0. The minimum Gasteiger partial charge on any atom is -0.308 e. The molecule has 0 unspecified atom stereocenters. The lowest BCUT2D eigenvalue weighted by Crippen LogP contribution is -2.42. The quantitative estimate of drug-likeness (QED) is 0.544. The minimum atomic E-state index is -0.724. The Labute approximate surface area is 86.4 Å². The molecule has 0 aromatic carbocycles. The molecular weight excluding hydrogens is 174 g/mol. The number of rotatable bonds is 6. The van der Waals surface area contributed by atoms with Crippen LogP contribution in [-0.2, 0) is 0 Å². The van der Waals surface area contributed by atoms with Gasteiger partial charge in [-0.05, 0) is 26.2 Å². The molecule has 0 aliphatic heterocycles. The van der Waals surface area contributed by atoms with Gasteiger partial charge in [-0.2, -0.15) is 0 Å². The van der Waals surface area contributed by atoms with Gasteiger partial charge in [-0.1, -0.05) is 20.8 Å². The normalized spacial score (nSPS) is 14.6. The van der Waals surface area contributed by atoms with Crippen molar-refractivity contribution >= 4 is 17.1 Å². The Morgan fingerprint density at radius 2 is 1.00 bits per heavy atom. The molecule has 0 saturated heterocycles. The highest BCUT2D eigenvalue weighted by Crippen LogP contribution is 2.26. The molecule has 0 rings (SSSR count). The van der Waals surface area contributed by atoms with Crippen molar-refractivity contribution in [1.29, 1.82) is 16.2 Å². The van der Waals surface area contributed by atoms with E-state index in [9.17, 15) is 0 Å². The van der Waals surface area contributed by atoms with Crippen LogP contribution in [0, 0.1) is 21.6 Å². The fraction of sp³-hybridized carbons (Fsp3) is 0.727. The highest BCUT2D eigenvalue weighted by atomic mass is 14.6. The SMILES string of the molecule is CCC(=N)C(C)(C(=N)CC)C(=N)CC. The van der Waals surface area contributed by atoms with Crippen LogP contribution in [0.1, 0.15) is 47.0 Å². The van der Waals surface area contributed by atoms with Gasteiger partial charge >= 0.3 is 0 Å². The number of nitrogens with one attached hydrogen (secondary N) is 3. The van der Waals surface area contributed by atoms with E-state index in [-0.39, 0.29) is 0 Å². The second-order valence-corrected chi connectivity index (χ2v) is 3.62. The van der Waals surface area contributed by atoms with E-state index >= 15 is 0 Å². The number of hydrogen-bond donors (Lipinski definition) is 3. The maximum Gasteiger partial charge on any atom is 0.0800 e.